The Bertz CT molecular complexity index is 1080. The Morgan fingerprint density at radius 1 is 1.31 bits per heavy atom. The van der Waals surface area contributed by atoms with Crippen LogP contribution in [-0.2, 0) is 4.79 Å². The van der Waals surface area contributed by atoms with Crippen LogP contribution in [0.3, 0.4) is 0 Å². The van der Waals surface area contributed by atoms with E-state index in [1.807, 2.05) is 19.1 Å². The average Bonchev–Trinajstić information content (AvgIpc) is 3.02. The zero-order chi connectivity index (χ0) is 23.9. The fraction of sp³-hybridized carbons (Fsp3) is 0.478. The summed E-state index contributed by atoms with van der Waals surface area (Å²) in [5.74, 6) is -0.961. The van der Waals surface area contributed by atoms with E-state index in [1.54, 1.807) is 32.9 Å². The first-order chi connectivity index (χ1) is 14.9. The quantitative estimate of drug-likeness (QED) is 0.643. The van der Waals surface area contributed by atoms with Gasteiger partial charge < -0.3 is 19.7 Å². The van der Waals surface area contributed by atoms with Crippen LogP contribution in [0.25, 0.3) is 17.0 Å². The predicted molar refractivity (Wildman–Crippen MR) is 119 cm³/mol. The molecule has 1 unspecified atom stereocenters. The van der Waals surface area contributed by atoms with Gasteiger partial charge in [-0.2, -0.15) is 14.8 Å². The molecule has 0 radical (unpaired) electrons. The first-order valence-corrected chi connectivity index (χ1v) is 10.5. The molecule has 2 aromatic rings. The van der Waals surface area contributed by atoms with Crippen molar-refractivity contribution in [1.29, 1.82) is 0 Å². The Morgan fingerprint density at radius 2 is 2.00 bits per heavy atom. The van der Waals surface area contributed by atoms with Gasteiger partial charge in [-0.15, -0.1) is 0 Å². The number of hydrogen-bond acceptors (Lipinski definition) is 6. The topological polar surface area (TPSA) is 119 Å². The van der Waals surface area contributed by atoms with Gasteiger partial charge in [0.25, 0.3) is 0 Å². The van der Waals surface area contributed by atoms with Gasteiger partial charge in [-0.05, 0) is 45.4 Å². The van der Waals surface area contributed by atoms with Crippen molar-refractivity contribution in [3.05, 3.63) is 30.3 Å². The van der Waals surface area contributed by atoms with Crippen molar-refractivity contribution in [3.8, 4) is 11.9 Å². The molecule has 0 spiro atoms. The van der Waals surface area contributed by atoms with Crippen LogP contribution in [0.2, 0.25) is 0 Å². The summed E-state index contributed by atoms with van der Waals surface area (Å²) in [5, 5.41) is 20.9. The van der Waals surface area contributed by atoms with Crippen LogP contribution in [0.4, 0.5) is 4.79 Å². The number of amides is 1. The third-order valence-electron chi connectivity index (χ3n) is 6.33. The summed E-state index contributed by atoms with van der Waals surface area (Å²) < 4.78 is 11.0. The molecule has 172 valence electrons. The van der Waals surface area contributed by atoms with Gasteiger partial charge in [0, 0.05) is 6.92 Å². The van der Waals surface area contributed by atoms with Crippen LogP contribution < -0.4 is 9.47 Å². The van der Waals surface area contributed by atoms with Crippen LogP contribution in [-0.4, -0.2) is 67.1 Å². The van der Waals surface area contributed by atoms with E-state index in [1.165, 1.54) is 6.92 Å². The summed E-state index contributed by atoms with van der Waals surface area (Å²) in [5.41, 5.74) is -1.05. The lowest BCUT2D eigenvalue weighted by atomic mass is 9.90. The molecule has 1 aliphatic heterocycles. The van der Waals surface area contributed by atoms with E-state index in [9.17, 15) is 19.8 Å². The van der Waals surface area contributed by atoms with Crippen molar-refractivity contribution >= 4 is 29.0 Å². The van der Waals surface area contributed by atoms with Gasteiger partial charge in [0.15, 0.2) is 6.10 Å². The lowest BCUT2D eigenvalue weighted by molar-refractivity contribution is -0.929. The molecule has 2 N–H and O–H groups in total. The number of fused-ring (bicyclic) bond motifs is 1. The number of hydrogen-bond donors (Lipinski definition) is 2. The van der Waals surface area contributed by atoms with Gasteiger partial charge in [-0.25, -0.2) is 9.28 Å². The predicted octanol–water partition coefficient (Wildman–Crippen LogP) is 3.96. The molecule has 9 heteroatoms. The van der Waals surface area contributed by atoms with E-state index in [0.717, 1.165) is 5.56 Å². The molecule has 0 bridgehead atoms. The Labute approximate surface area is 186 Å². The van der Waals surface area contributed by atoms with Gasteiger partial charge in [-0.3, -0.25) is 0 Å². The molecule has 0 aliphatic carbocycles. The number of aromatic nitrogens is 2. The minimum atomic E-state index is -1.59. The molecule has 1 aromatic heterocycles. The van der Waals surface area contributed by atoms with E-state index < -0.39 is 33.7 Å². The Kier molecular flexibility index (Phi) is 5.90. The highest BCUT2D eigenvalue weighted by Gasteiger charge is 2.70. The van der Waals surface area contributed by atoms with E-state index in [2.05, 4.69) is 16.5 Å². The second-order valence-electron chi connectivity index (χ2n) is 9.19. The molecule has 0 saturated carbocycles. The van der Waals surface area contributed by atoms with Crippen LogP contribution in [0.15, 0.2) is 24.8 Å². The number of aliphatic carboxylic acids is 1. The lowest BCUT2D eigenvalue weighted by Gasteiger charge is -2.47. The van der Waals surface area contributed by atoms with E-state index in [-0.39, 0.29) is 24.9 Å². The molecule has 2 heterocycles. The Hall–Kier alpha value is -3.20. The average molecular weight is 445 g/mol. The van der Waals surface area contributed by atoms with Crippen molar-refractivity contribution in [2.24, 2.45) is 0 Å². The number of carbonyl (C=O) groups is 2. The first-order valence-electron chi connectivity index (χ1n) is 10.5. The van der Waals surface area contributed by atoms with Gasteiger partial charge >= 0.3 is 18.1 Å². The number of rotatable bonds is 6. The van der Waals surface area contributed by atoms with Gasteiger partial charge in [0.2, 0.25) is 11.4 Å². The highest BCUT2D eigenvalue weighted by Crippen LogP contribution is 2.46. The second kappa shape index (κ2) is 8.05. The number of ether oxygens (including phenoxy) is 2. The fourth-order valence-electron chi connectivity index (χ4n) is 4.76. The molecule has 1 saturated heterocycles. The molecule has 32 heavy (non-hydrogen) atoms. The molecular formula is C23H30N3O6+. The molecule has 1 fully saturated rings. The van der Waals surface area contributed by atoms with Crippen molar-refractivity contribution in [1.82, 2.24) is 9.97 Å². The Morgan fingerprint density at radius 3 is 2.50 bits per heavy atom. The SMILES string of the molecule is C=Cc1ccc2nc(OCC)nc(O[C@@H]3C[C@@](C)(C(=O)O)[N+](C(=O)O)(C(C)(C)C)C3)c2c1. The summed E-state index contributed by atoms with van der Waals surface area (Å²) >= 11 is 0. The molecule has 9 nitrogen and oxygen atoms in total. The minimum absolute atomic E-state index is 0.00250. The van der Waals surface area contributed by atoms with Crippen LogP contribution >= 0.6 is 0 Å². The largest absolute Gasteiger partial charge is 0.515 e. The van der Waals surface area contributed by atoms with Crippen molar-refractivity contribution in [2.45, 2.75) is 58.2 Å². The normalized spacial score (nSPS) is 25.5. The number of quaternary nitrogens is 1. The van der Waals surface area contributed by atoms with Crippen molar-refractivity contribution in [2.75, 3.05) is 13.2 Å². The molecule has 1 amide bonds. The van der Waals surface area contributed by atoms with Gasteiger partial charge in [0.1, 0.15) is 12.1 Å². The number of carboxylic acid groups (broad SMARTS) is 2. The summed E-state index contributed by atoms with van der Waals surface area (Å²) in [4.78, 5) is 33.6. The lowest BCUT2D eigenvalue weighted by Crippen LogP contribution is -2.73. The zero-order valence-corrected chi connectivity index (χ0v) is 19.1. The summed E-state index contributed by atoms with van der Waals surface area (Å²) in [6, 6.07) is 5.61. The van der Waals surface area contributed by atoms with E-state index >= 15 is 0 Å². The van der Waals surface area contributed by atoms with E-state index in [4.69, 9.17) is 9.47 Å². The van der Waals surface area contributed by atoms with Gasteiger partial charge in [-0.1, -0.05) is 18.7 Å². The van der Waals surface area contributed by atoms with Gasteiger partial charge in [0.05, 0.1) is 23.9 Å². The molecule has 1 aromatic carbocycles. The maximum Gasteiger partial charge on any atom is 0.515 e. The summed E-state index contributed by atoms with van der Waals surface area (Å²) in [6.07, 6.45) is -0.220. The standard InChI is InChI=1S/C23H29N3O6/c1-7-14-9-10-17-16(11-14)18(25-20(24-17)31-8-2)32-15-12-23(6,19(27)28)26(13-15,21(29)30)22(3,4)5/h7,9-11,15H,1,8,12-13H2,2-6H3,(H-,27,28,29,30)/p+1/t15-,23+,26?/m1/s1. The summed E-state index contributed by atoms with van der Waals surface area (Å²) in [6.45, 7) is 12.6. The monoisotopic (exact) mass is 444 g/mol. The highest BCUT2D eigenvalue weighted by atomic mass is 16.5. The number of nitrogens with zero attached hydrogens (tertiary/aromatic N) is 3. The zero-order valence-electron chi connectivity index (χ0n) is 19.1. The second-order valence-corrected chi connectivity index (χ2v) is 9.19. The smallest absolute Gasteiger partial charge is 0.477 e. The fourth-order valence-corrected chi connectivity index (χ4v) is 4.76. The number of likely N-dealkylation sites (tertiary alicyclic amines) is 1. The Balaban J connectivity index is 2.11. The minimum Gasteiger partial charge on any atom is -0.477 e. The maximum atomic E-state index is 12.5. The molecule has 3 atom stereocenters. The summed E-state index contributed by atoms with van der Waals surface area (Å²) in [7, 11) is 0. The highest BCUT2D eigenvalue weighted by molar-refractivity contribution is 5.86. The van der Waals surface area contributed by atoms with E-state index in [0.29, 0.717) is 17.5 Å². The van der Waals surface area contributed by atoms with Crippen LogP contribution in [0.5, 0.6) is 11.9 Å². The number of carboxylic acids is 1. The van der Waals surface area contributed by atoms with Crippen molar-refractivity contribution < 1.29 is 33.8 Å². The third kappa shape index (κ3) is 3.56. The molecule has 1 aliphatic rings. The molecule has 3 rings (SSSR count). The molecular weight excluding hydrogens is 414 g/mol. The van der Waals surface area contributed by atoms with Crippen LogP contribution in [0.1, 0.15) is 46.6 Å². The third-order valence-corrected chi connectivity index (χ3v) is 6.33. The first kappa shape index (κ1) is 23.5. The number of benzene rings is 1. The van der Waals surface area contributed by atoms with Crippen LogP contribution in [0, 0.1) is 0 Å². The van der Waals surface area contributed by atoms with Crippen molar-refractivity contribution in [3.63, 3.8) is 0 Å². The maximum absolute atomic E-state index is 12.5.